The van der Waals surface area contributed by atoms with Crippen molar-refractivity contribution in [2.75, 3.05) is 18.6 Å². The van der Waals surface area contributed by atoms with Crippen molar-refractivity contribution < 1.29 is 24.0 Å². The highest BCUT2D eigenvalue weighted by Crippen LogP contribution is 2.12. The van der Waals surface area contributed by atoms with E-state index in [0.29, 0.717) is 25.0 Å². The first-order valence-corrected chi connectivity index (χ1v) is 13.8. The molecule has 1 aliphatic heterocycles. The van der Waals surface area contributed by atoms with Gasteiger partial charge in [-0.2, -0.15) is 11.8 Å². The van der Waals surface area contributed by atoms with Crippen LogP contribution in [0.3, 0.4) is 0 Å². The first-order valence-electron chi connectivity index (χ1n) is 12.4. The second kappa shape index (κ2) is 15.0. The normalized spacial score (nSPS) is 26.1. The number of nitrogens with one attached hydrogen (secondary N) is 5. The van der Waals surface area contributed by atoms with Crippen LogP contribution in [0, 0.1) is 17.8 Å². The molecule has 0 aliphatic carbocycles. The zero-order valence-electron chi connectivity index (χ0n) is 22.0. The van der Waals surface area contributed by atoms with Crippen molar-refractivity contribution in [3.8, 4) is 0 Å². The van der Waals surface area contributed by atoms with Crippen molar-refractivity contribution in [3.05, 3.63) is 0 Å². The van der Waals surface area contributed by atoms with Gasteiger partial charge in [0.1, 0.15) is 24.2 Å². The van der Waals surface area contributed by atoms with Gasteiger partial charge in [0.15, 0.2) is 0 Å². The van der Waals surface area contributed by atoms with E-state index in [1.165, 1.54) is 11.8 Å². The summed E-state index contributed by atoms with van der Waals surface area (Å²) in [6.07, 6.45) is 3.25. The first-order chi connectivity index (χ1) is 16.4. The zero-order chi connectivity index (χ0) is 26.7. The van der Waals surface area contributed by atoms with E-state index in [2.05, 4.69) is 26.6 Å². The van der Waals surface area contributed by atoms with Crippen molar-refractivity contribution in [3.63, 3.8) is 0 Å². The van der Waals surface area contributed by atoms with Gasteiger partial charge in [0.25, 0.3) is 0 Å². The third-order valence-electron chi connectivity index (χ3n) is 6.07. The molecule has 0 radical (unpaired) electrons. The van der Waals surface area contributed by atoms with Crippen molar-refractivity contribution in [2.45, 2.75) is 85.0 Å². The Morgan fingerprint density at radius 3 is 1.94 bits per heavy atom. The number of thioether (sulfide) groups is 1. The summed E-state index contributed by atoms with van der Waals surface area (Å²) in [5, 5.41) is 13.6. The fraction of sp³-hybridized carbons (Fsp3) is 0.792. The number of carbonyl (C=O) groups is 5. The molecule has 1 fully saturated rings. The Bertz CT molecular complexity index is 761. The van der Waals surface area contributed by atoms with Crippen molar-refractivity contribution in [1.82, 2.24) is 26.6 Å². The lowest BCUT2D eigenvalue weighted by atomic mass is 9.96. The minimum atomic E-state index is -0.896. The largest absolute Gasteiger partial charge is 0.345 e. The monoisotopic (exact) mass is 513 g/mol. The van der Waals surface area contributed by atoms with Crippen LogP contribution >= 0.6 is 11.8 Å². The van der Waals surface area contributed by atoms with E-state index >= 15 is 0 Å². The summed E-state index contributed by atoms with van der Waals surface area (Å²) < 4.78 is 0. The molecule has 5 N–H and O–H groups in total. The predicted octanol–water partition coefficient (Wildman–Crippen LogP) is 0.557. The van der Waals surface area contributed by atoms with Gasteiger partial charge in [0, 0.05) is 0 Å². The highest BCUT2D eigenvalue weighted by molar-refractivity contribution is 7.98. The van der Waals surface area contributed by atoms with Crippen LogP contribution in [-0.2, 0) is 24.0 Å². The second-order valence-corrected chi connectivity index (χ2v) is 10.9. The average molecular weight is 514 g/mol. The van der Waals surface area contributed by atoms with E-state index < -0.39 is 53.7 Å². The smallest absolute Gasteiger partial charge is 0.243 e. The van der Waals surface area contributed by atoms with Gasteiger partial charge in [-0.05, 0) is 42.6 Å². The van der Waals surface area contributed by atoms with Crippen LogP contribution in [0.15, 0.2) is 0 Å². The standard InChI is InChI=1S/C24H43N5O5S/c1-8-15(6)20-23(33)25-12-18(30)26-17(11-13(2)3)22(32)27-16(9-10-35-7)21(31)28-19(14(4)5)24(34)29-20/h13-17,19-20H,8-12H2,1-7H3,(H,25,33)(H,26,30)(H,27,32)(H,28,31)(H,29,34)/t15-,16-,17-,19-,20-/m0/s1. The molecule has 1 saturated heterocycles. The van der Waals surface area contributed by atoms with E-state index in [1.54, 1.807) is 13.8 Å². The molecular formula is C24H43N5O5S. The molecule has 10 nitrogen and oxygen atoms in total. The fourth-order valence-electron chi connectivity index (χ4n) is 3.74. The topological polar surface area (TPSA) is 146 Å². The molecule has 5 atom stereocenters. The molecule has 1 heterocycles. The quantitative estimate of drug-likeness (QED) is 0.321. The van der Waals surface area contributed by atoms with Crippen LogP contribution in [0.5, 0.6) is 0 Å². The number of amides is 5. The fourth-order valence-corrected chi connectivity index (χ4v) is 4.21. The van der Waals surface area contributed by atoms with Crippen molar-refractivity contribution in [2.24, 2.45) is 17.8 Å². The van der Waals surface area contributed by atoms with Gasteiger partial charge in [-0.25, -0.2) is 0 Å². The Balaban J connectivity index is 3.38. The van der Waals surface area contributed by atoms with Gasteiger partial charge < -0.3 is 26.6 Å². The molecule has 5 amide bonds. The highest BCUT2D eigenvalue weighted by Gasteiger charge is 2.34. The molecule has 0 bridgehead atoms. The highest BCUT2D eigenvalue weighted by atomic mass is 32.2. The Kier molecular flexibility index (Phi) is 13.1. The lowest BCUT2D eigenvalue weighted by Crippen LogP contribution is -2.59. The van der Waals surface area contributed by atoms with Gasteiger partial charge in [-0.3, -0.25) is 24.0 Å². The molecule has 0 unspecified atom stereocenters. The van der Waals surface area contributed by atoms with E-state index in [1.807, 2.05) is 34.0 Å². The molecule has 11 heteroatoms. The first kappa shape index (κ1) is 30.7. The Hall–Kier alpha value is -2.30. The third kappa shape index (κ3) is 10.1. The molecule has 1 aliphatic rings. The summed E-state index contributed by atoms with van der Waals surface area (Å²) in [6, 6.07) is -3.50. The van der Waals surface area contributed by atoms with Crippen LogP contribution in [0.1, 0.15) is 60.8 Å². The molecule has 35 heavy (non-hydrogen) atoms. The molecular weight excluding hydrogens is 470 g/mol. The van der Waals surface area contributed by atoms with Gasteiger partial charge in [0.2, 0.25) is 29.5 Å². The average Bonchev–Trinajstić information content (AvgIpc) is 2.79. The molecule has 200 valence electrons. The summed E-state index contributed by atoms with van der Waals surface area (Å²) >= 11 is 1.54. The Morgan fingerprint density at radius 2 is 1.40 bits per heavy atom. The number of rotatable bonds is 8. The maximum absolute atomic E-state index is 13.2. The van der Waals surface area contributed by atoms with Crippen LogP contribution in [0.25, 0.3) is 0 Å². The maximum atomic E-state index is 13.2. The van der Waals surface area contributed by atoms with Crippen LogP contribution in [-0.4, -0.2) is 72.3 Å². The van der Waals surface area contributed by atoms with Gasteiger partial charge in [0.05, 0.1) is 6.54 Å². The number of hydrogen-bond acceptors (Lipinski definition) is 6. The van der Waals surface area contributed by atoms with E-state index in [0.717, 1.165) is 0 Å². The minimum absolute atomic E-state index is 0.100. The summed E-state index contributed by atoms with van der Waals surface area (Å²) in [5.74, 6) is -2.19. The Morgan fingerprint density at radius 1 is 0.800 bits per heavy atom. The molecule has 0 saturated carbocycles. The molecule has 0 aromatic rings. The SMILES string of the molecule is CC[C@H](C)[C@@H]1NC(=O)[C@H](C(C)C)NC(=O)[C@H](CCSC)NC(=O)[C@H](CC(C)C)NC(=O)CNC1=O. The van der Waals surface area contributed by atoms with Gasteiger partial charge in [-0.1, -0.05) is 48.0 Å². The van der Waals surface area contributed by atoms with Gasteiger partial charge in [-0.15, -0.1) is 0 Å². The summed E-state index contributed by atoms with van der Waals surface area (Å²) in [4.78, 5) is 65.0. The summed E-state index contributed by atoms with van der Waals surface area (Å²) in [6.45, 7) is 10.9. The third-order valence-corrected chi connectivity index (χ3v) is 6.71. The second-order valence-electron chi connectivity index (χ2n) is 9.91. The maximum Gasteiger partial charge on any atom is 0.243 e. The lowest BCUT2D eigenvalue weighted by molar-refractivity contribution is -0.135. The molecule has 0 aromatic carbocycles. The number of hydrogen-bond donors (Lipinski definition) is 5. The van der Waals surface area contributed by atoms with Crippen molar-refractivity contribution in [1.29, 1.82) is 0 Å². The predicted molar refractivity (Wildman–Crippen MR) is 137 cm³/mol. The van der Waals surface area contributed by atoms with E-state index in [4.69, 9.17) is 0 Å². The summed E-state index contributed by atoms with van der Waals surface area (Å²) in [5.41, 5.74) is 0. The van der Waals surface area contributed by atoms with E-state index in [-0.39, 0.29) is 24.3 Å². The Labute approximate surface area is 213 Å². The zero-order valence-corrected chi connectivity index (χ0v) is 22.8. The molecule has 1 rings (SSSR count). The van der Waals surface area contributed by atoms with Crippen molar-refractivity contribution >= 4 is 41.3 Å². The number of carbonyl (C=O) groups excluding carboxylic acids is 5. The molecule has 0 aromatic heterocycles. The van der Waals surface area contributed by atoms with Crippen LogP contribution in [0.2, 0.25) is 0 Å². The van der Waals surface area contributed by atoms with Crippen LogP contribution in [0.4, 0.5) is 0 Å². The molecule has 0 spiro atoms. The summed E-state index contributed by atoms with van der Waals surface area (Å²) in [7, 11) is 0. The lowest BCUT2D eigenvalue weighted by Gasteiger charge is -2.29. The van der Waals surface area contributed by atoms with Gasteiger partial charge >= 0.3 is 0 Å². The van der Waals surface area contributed by atoms with E-state index in [9.17, 15) is 24.0 Å². The van der Waals surface area contributed by atoms with Crippen LogP contribution < -0.4 is 26.6 Å². The minimum Gasteiger partial charge on any atom is -0.345 e.